The van der Waals surface area contributed by atoms with Crippen molar-refractivity contribution < 1.29 is 14.3 Å². The first-order valence-electron chi connectivity index (χ1n) is 9.62. The minimum atomic E-state index is -0.173. The number of hydrogen-bond donors (Lipinski definition) is 0. The van der Waals surface area contributed by atoms with Gasteiger partial charge in [-0.25, -0.2) is 0 Å². The summed E-state index contributed by atoms with van der Waals surface area (Å²) in [7, 11) is 0. The van der Waals surface area contributed by atoms with Crippen LogP contribution in [0.2, 0.25) is 0 Å². The van der Waals surface area contributed by atoms with Gasteiger partial charge < -0.3 is 9.30 Å². The van der Waals surface area contributed by atoms with Crippen molar-refractivity contribution >= 4 is 11.7 Å². The first-order chi connectivity index (χ1) is 14.1. The van der Waals surface area contributed by atoms with Gasteiger partial charge in [0.15, 0.2) is 5.78 Å². The van der Waals surface area contributed by atoms with E-state index in [9.17, 15) is 9.59 Å². The maximum Gasteiger partial charge on any atom is 0.247 e. The molecule has 0 unspecified atom stereocenters. The van der Waals surface area contributed by atoms with Gasteiger partial charge in [0.1, 0.15) is 11.2 Å². The minimum absolute atomic E-state index is 0.0224. The van der Waals surface area contributed by atoms with Crippen LogP contribution in [0.5, 0.6) is 5.75 Å². The SMILES string of the molecule is CC(=O)c1ccc(OCCCC(=O)N=c2ccccn2Cc2ccccc2)cc1. The van der Waals surface area contributed by atoms with Crippen molar-refractivity contribution in [3.05, 3.63) is 95.6 Å². The molecule has 1 aromatic heterocycles. The molecular formula is C24H24N2O3. The van der Waals surface area contributed by atoms with E-state index in [1.165, 1.54) is 6.92 Å². The van der Waals surface area contributed by atoms with Crippen molar-refractivity contribution in [3.63, 3.8) is 0 Å². The Labute approximate surface area is 170 Å². The van der Waals surface area contributed by atoms with Crippen LogP contribution in [-0.4, -0.2) is 22.9 Å². The summed E-state index contributed by atoms with van der Waals surface area (Å²) in [4.78, 5) is 27.8. The lowest BCUT2D eigenvalue weighted by atomic mass is 10.1. The van der Waals surface area contributed by atoms with Crippen molar-refractivity contribution in [2.75, 3.05) is 6.61 Å². The summed E-state index contributed by atoms with van der Waals surface area (Å²) in [5.41, 5.74) is 2.44. The van der Waals surface area contributed by atoms with Crippen molar-refractivity contribution in [1.29, 1.82) is 0 Å². The number of Topliss-reactive ketones (excluding diaryl/α,β-unsaturated/α-hetero) is 1. The smallest absolute Gasteiger partial charge is 0.247 e. The number of amides is 1. The second-order valence-electron chi connectivity index (χ2n) is 6.71. The van der Waals surface area contributed by atoms with Crippen LogP contribution in [0.25, 0.3) is 0 Å². The van der Waals surface area contributed by atoms with E-state index < -0.39 is 0 Å². The molecule has 0 aliphatic rings. The average molecular weight is 388 g/mol. The Morgan fingerprint density at radius 3 is 2.38 bits per heavy atom. The van der Waals surface area contributed by atoms with Crippen molar-refractivity contribution in [2.45, 2.75) is 26.3 Å². The molecule has 5 nitrogen and oxygen atoms in total. The maximum atomic E-state index is 12.3. The highest BCUT2D eigenvalue weighted by Crippen LogP contribution is 2.13. The molecule has 1 amide bonds. The summed E-state index contributed by atoms with van der Waals surface area (Å²) in [5, 5.41) is 0. The average Bonchev–Trinajstić information content (AvgIpc) is 2.74. The van der Waals surface area contributed by atoms with Gasteiger partial charge in [-0.15, -0.1) is 0 Å². The fourth-order valence-corrected chi connectivity index (χ4v) is 2.87. The number of rotatable bonds is 8. The molecule has 0 saturated heterocycles. The highest BCUT2D eigenvalue weighted by Gasteiger charge is 2.03. The molecule has 3 aromatic rings. The fourth-order valence-electron chi connectivity index (χ4n) is 2.87. The number of pyridine rings is 1. The number of hydrogen-bond acceptors (Lipinski definition) is 3. The second-order valence-corrected chi connectivity index (χ2v) is 6.71. The summed E-state index contributed by atoms with van der Waals surface area (Å²) < 4.78 is 7.59. The first kappa shape index (κ1) is 20.3. The highest BCUT2D eigenvalue weighted by atomic mass is 16.5. The van der Waals surface area contributed by atoms with Gasteiger partial charge in [-0.05, 0) is 55.3 Å². The van der Waals surface area contributed by atoms with Gasteiger partial charge in [-0.2, -0.15) is 4.99 Å². The third-order valence-electron chi connectivity index (χ3n) is 4.42. The number of aromatic nitrogens is 1. The van der Waals surface area contributed by atoms with Crippen LogP contribution in [-0.2, 0) is 11.3 Å². The Morgan fingerprint density at radius 2 is 1.66 bits per heavy atom. The van der Waals surface area contributed by atoms with Crippen LogP contribution >= 0.6 is 0 Å². The molecule has 0 fully saturated rings. The standard InChI is InChI=1S/C24H24N2O3/c1-19(27)21-12-14-22(15-13-21)29-17-7-11-24(28)25-23-10-5-6-16-26(23)18-20-8-3-2-4-9-20/h2-6,8-10,12-16H,7,11,17-18H2,1H3. The van der Waals surface area contributed by atoms with Gasteiger partial charge >= 0.3 is 0 Å². The fraction of sp³-hybridized carbons (Fsp3) is 0.208. The summed E-state index contributed by atoms with van der Waals surface area (Å²) in [6.45, 7) is 2.61. The van der Waals surface area contributed by atoms with Gasteiger partial charge in [0.25, 0.3) is 0 Å². The molecule has 148 valence electrons. The first-order valence-corrected chi connectivity index (χ1v) is 9.62. The molecule has 0 atom stereocenters. The molecule has 29 heavy (non-hydrogen) atoms. The van der Waals surface area contributed by atoms with Crippen LogP contribution < -0.4 is 10.2 Å². The maximum absolute atomic E-state index is 12.3. The molecule has 0 N–H and O–H groups in total. The van der Waals surface area contributed by atoms with Gasteiger partial charge in [0.2, 0.25) is 5.91 Å². The van der Waals surface area contributed by atoms with Crippen molar-refractivity contribution in [2.24, 2.45) is 4.99 Å². The van der Waals surface area contributed by atoms with Crippen molar-refractivity contribution in [3.8, 4) is 5.75 Å². The van der Waals surface area contributed by atoms with Crippen LogP contribution in [0.3, 0.4) is 0 Å². The zero-order valence-corrected chi connectivity index (χ0v) is 16.5. The van der Waals surface area contributed by atoms with E-state index in [0.717, 1.165) is 5.56 Å². The zero-order chi connectivity index (χ0) is 20.5. The molecule has 0 saturated carbocycles. The molecule has 5 heteroatoms. The molecule has 0 aliphatic heterocycles. The van der Waals surface area contributed by atoms with E-state index in [1.807, 2.05) is 59.3 Å². The monoisotopic (exact) mass is 388 g/mol. The summed E-state index contributed by atoms with van der Waals surface area (Å²) >= 11 is 0. The number of nitrogens with zero attached hydrogens (tertiary/aromatic N) is 2. The predicted molar refractivity (Wildman–Crippen MR) is 112 cm³/mol. The number of benzene rings is 2. The summed E-state index contributed by atoms with van der Waals surface area (Å²) in [6.07, 6.45) is 2.81. The Hall–Kier alpha value is -3.47. The van der Waals surface area contributed by atoms with E-state index in [0.29, 0.717) is 42.8 Å². The third-order valence-corrected chi connectivity index (χ3v) is 4.42. The molecule has 3 rings (SSSR count). The molecule has 1 heterocycles. The van der Waals surface area contributed by atoms with E-state index >= 15 is 0 Å². The lowest BCUT2D eigenvalue weighted by Crippen LogP contribution is -2.22. The lowest BCUT2D eigenvalue weighted by Gasteiger charge is -2.07. The number of ketones is 1. The van der Waals surface area contributed by atoms with Crippen LogP contribution in [0.1, 0.15) is 35.7 Å². The Balaban J connectivity index is 1.53. The van der Waals surface area contributed by atoms with Crippen LogP contribution in [0, 0.1) is 0 Å². The minimum Gasteiger partial charge on any atom is -0.494 e. The Kier molecular flexibility index (Phi) is 7.11. The summed E-state index contributed by atoms with van der Waals surface area (Å²) in [5.74, 6) is 0.533. The molecule has 0 aliphatic carbocycles. The van der Waals surface area contributed by atoms with Gasteiger partial charge in [0, 0.05) is 24.7 Å². The molecule has 0 bridgehead atoms. The second kappa shape index (κ2) is 10.2. The zero-order valence-electron chi connectivity index (χ0n) is 16.5. The number of carbonyl (C=O) groups is 2. The van der Waals surface area contributed by atoms with E-state index in [-0.39, 0.29) is 11.7 Å². The topological polar surface area (TPSA) is 60.7 Å². The van der Waals surface area contributed by atoms with Crippen LogP contribution in [0.15, 0.2) is 84.0 Å². The predicted octanol–water partition coefficient (Wildman–Crippen LogP) is 4.03. The van der Waals surface area contributed by atoms with E-state index in [4.69, 9.17) is 4.74 Å². The van der Waals surface area contributed by atoms with Gasteiger partial charge in [-0.1, -0.05) is 36.4 Å². The lowest BCUT2D eigenvalue weighted by molar-refractivity contribution is -0.118. The van der Waals surface area contributed by atoms with Gasteiger partial charge in [0.05, 0.1) is 6.61 Å². The highest BCUT2D eigenvalue weighted by molar-refractivity contribution is 5.94. The van der Waals surface area contributed by atoms with E-state index in [1.54, 1.807) is 24.3 Å². The number of carbonyl (C=O) groups excluding carboxylic acids is 2. The molecule has 0 radical (unpaired) electrons. The largest absolute Gasteiger partial charge is 0.494 e. The number of ether oxygens (including phenoxy) is 1. The van der Waals surface area contributed by atoms with Crippen LogP contribution in [0.4, 0.5) is 0 Å². The summed E-state index contributed by atoms with van der Waals surface area (Å²) in [6, 6.07) is 22.7. The molecule has 0 spiro atoms. The van der Waals surface area contributed by atoms with Gasteiger partial charge in [-0.3, -0.25) is 9.59 Å². The molecular weight excluding hydrogens is 364 g/mol. The van der Waals surface area contributed by atoms with E-state index in [2.05, 4.69) is 4.99 Å². The normalized spacial score (nSPS) is 11.3. The Bertz CT molecular complexity index is 1020. The molecule has 2 aromatic carbocycles. The third kappa shape index (κ3) is 6.28. The Morgan fingerprint density at radius 1 is 0.931 bits per heavy atom. The van der Waals surface area contributed by atoms with Crippen molar-refractivity contribution in [1.82, 2.24) is 4.57 Å². The quantitative estimate of drug-likeness (QED) is 0.432.